The van der Waals surface area contributed by atoms with Crippen LogP contribution >= 0.6 is 11.8 Å². The molecular weight excluding hydrogens is 244 g/mol. The van der Waals surface area contributed by atoms with Crippen molar-refractivity contribution in [3.05, 3.63) is 28.8 Å². The van der Waals surface area contributed by atoms with Gasteiger partial charge in [0, 0.05) is 4.90 Å². The summed E-state index contributed by atoms with van der Waals surface area (Å²) in [6, 6.07) is 4.31. The van der Waals surface area contributed by atoms with E-state index in [1.807, 2.05) is 13.8 Å². The molecule has 0 N–H and O–H groups in total. The third-order valence-electron chi connectivity index (χ3n) is 2.89. The fourth-order valence-corrected chi connectivity index (χ4v) is 3.26. The Kier molecular flexibility index (Phi) is 5.27. The van der Waals surface area contributed by atoms with Crippen molar-refractivity contribution in [3.8, 4) is 0 Å². The summed E-state index contributed by atoms with van der Waals surface area (Å²) in [5.74, 6) is 0.108. The summed E-state index contributed by atoms with van der Waals surface area (Å²) in [6.45, 7) is 10.4. The first-order chi connectivity index (χ1) is 8.36. The van der Waals surface area contributed by atoms with E-state index in [4.69, 9.17) is 4.74 Å². The van der Waals surface area contributed by atoms with Crippen molar-refractivity contribution in [1.29, 1.82) is 0 Å². The summed E-state index contributed by atoms with van der Waals surface area (Å²) in [5.41, 5.74) is 3.72. The molecule has 100 valence electrons. The number of rotatable bonds is 4. The first-order valence-corrected chi connectivity index (χ1v) is 7.07. The third kappa shape index (κ3) is 3.52. The van der Waals surface area contributed by atoms with Crippen LogP contribution in [0, 0.1) is 26.7 Å². The molecule has 0 fully saturated rings. The predicted molar refractivity (Wildman–Crippen MR) is 77.2 cm³/mol. The Hall–Kier alpha value is -0.960. The van der Waals surface area contributed by atoms with Gasteiger partial charge in [-0.2, -0.15) is 0 Å². The molecule has 1 aromatic rings. The Morgan fingerprint density at radius 3 is 2.06 bits per heavy atom. The molecule has 0 bridgehead atoms. The van der Waals surface area contributed by atoms with Crippen molar-refractivity contribution in [2.24, 2.45) is 5.92 Å². The van der Waals surface area contributed by atoms with Crippen LogP contribution in [0.4, 0.5) is 0 Å². The van der Waals surface area contributed by atoms with Gasteiger partial charge in [0.1, 0.15) is 5.25 Å². The number of carbonyl (C=O) groups excluding carboxylic acids is 1. The van der Waals surface area contributed by atoms with Crippen molar-refractivity contribution in [1.82, 2.24) is 0 Å². The van der Waals surface area contributed by atoms with Gasteiger partial charge in [-0.15, -0.1) is 11.8 Å². The second kappa shape index (κ2) is 6.28. The van der Waals surface area contributed by atoms with Gasteiger partial charge in [0.25, 0.3) is 0 Å². The molecule has 1 unspecified atom stereocenters. The maximum atomic E-state index is 11.8. The number of benzene rings is 1. The summed E-state index contributed by atoms with van der Waals surface area (Å²) >= 11 is 1.62. The third-order valence-corrected chi connectivity index (χ3v) is 4.76. The summed E-state index contributed by atoms with van der Waals surface area (Å²) in [6.07, 6.45) is 0. The fourth-order valence-electron chi connectivity index (χ4n) is 2.05. The molecule has 0 spiro atoms. The van der Waals surface area contributed by atoms with Crippen LogP contribution in [-0.4, -0.2) is 18.3 Å². The van der Waals surface area contributed by atoms with Crippen LogP contribution in [0.25, 0.3) is 0 Å². The minimum atomic E-state index is -0.144. The number of carbonyl (C=O) groups is 1. The van der Waals surface area contributed by atoms with Gasteiger partial charge in [0.05, 0.1) is 7.11 Å². The SMILES string of the molecule is COC(=O)C(Sc1c(C)cc(C)cc1C)C(C)C. The molecule has 0 amide bonds. The average Bonchev–Trinajstić information content (AvgIpc) is 2.26. The van der Waals surface area contributed by atoms with E-state index in [9.17, 15) is 4.79 Å². The van der Waals surface area contributed by atoms with Crippen LogP contribution < -0.4 is 0 Å². The zero-order valence-electron chi connectivity index (χ0n) is 12.0. The van der Waals surface area contributed by atoms with E-state index in [0.29, 0.717) is 0 Å². The van der Waals surface area contributed by atoms with Crippen molar-refractivity contribution in [2.75, 3.05) is 7.11 Å². The first kappa shape index (κ1) is 15.1. The standard InChI is InChI=1S/C15H22O2S/c1-9(2)13(15(16)17-6)18-14-11(4)7-10(3)8-12(14)5/h7-9,13H,1-6H3. The molecule has 0 radical (unpaired) electrons. The van der Waals surface area contributed by atoms with Crippen molar-refractivity contribution < 1.29 is 9.53 Å². The molecule has 1 atom stereocenters. The smallest absolute Gasteiger partial charge is 0.319 e. The topological polar surface area (TPSA) is 26.3 Å². The Labute approximate surface area is 114 Å². The van der Waals surface area contributed by atoms with Gasteiger partial charge in [-0.25, -0.2) is 0 Å². The monoisotopic (exact) mass is 266 g/mol. The molecule has 3 heteroatoms. The number of ether oxygens (including phenoxy) is 1. The molecule has 0 aliphatic carbocycles. The number of hydrogen-bond donors (Lipinski definition) is 0. The van der Waals surface area contributed by atoms with E-state index in [-0.39, 0.29) is 17.1 Å². The van der Waals surface area contributed by atoms with E-state index < -0.39 is 0 Å². The van der Waals surface area contributed by atoms with Crippen LogP contribution in [0.1, 0.15) is 30.5 Å². The Morgan fingerprint density at radius 2 is 1.67 bits per heavy atom. The number of thioether (sulfide) groups is 1. The summed E-state index contributed by atoms with van der Waals surface area (Å²) in [7, 11) is 1.45. The second-order valence-electron chi connectivity index (χ2n) is 5.03. The summed E-state index contributed by atoms with van der Waals surface area (Å²) in [4.78, 5) is 13.0. The largest absolute Gasteiger partial charge is 0.468 e. The molecule has 0 heterocycles. The highest BCUT2D eigenvalue weighted by Gasteiger charge is 2.25. The Balaban J connectivity index is 3.05. The number of methoxy groups -OCH3 is 1. The van der Waals surface area contributed by atoms with E-state index in [2.05, 4.69) is 32.9 Å². The molecule has 0 aliphatic heterocycles. The van der Waals surface area contributed by atoms with Crippen LogP contribution in [0.15, 0.2) is 17.0 Å². The molecule has 1 aromatic carbocycles. The van der Waals surface area contributed by atoms with Crippen LogP contribution in [0.5, 0.6) is 0 Å². The quantitative estimate of drug-likeness (QED) is 0.610. The van der Waals surface area contributed by atoms with E-state index >= 15 is 0 Å². The van der Waals surface area contributed by atoms with Crippen LogP contribution in [-0.2, 0) is 9.53 Å². The van der Waals surface area contributed by atoms with Gasteiger partial charge in [0.2, 0.25) is 0 Å². The number of hydrogen-bond acceptors (Lipinski definition) is 3. The zero-order chi connectivity index (χ0) is 13.9. The molecule has 0 aliphatic rings. The van der Waals surface area contributed by atoms with Crippen LogP contribution in [0.3, 0.4) is 0 Å². The Morgan fingerprint density at radius 1 is 1.17 bits per heavy atom. The highest BCUT2D eigenvalue weighted by atomic mass is 32.2. The minimum Gasteiger partial charge on any atom is -0.468 e. The molecule has 0 saturated heterocycles. The van der Waals surface area contributed by atoms with Gasteiger partial charge >= 0.3 is 5.97 Å². The fraction of sp³-hybridized carbons (Fsp3) is 0.533. The van der Waals surface area contributed by atoms with Gasteiger partial charge in [0.15, 0.2) is 0 Å². The lowest BCUT2D eigenvalue weighted by molar-refractivity contribution is -0.140. The van der Waals surface area contributed by atoms with Crippen molar-refractivity contribution in [3.63, 3.8) is 0 Å². The van der Waals surface area contributed by atoms with Gasteiger partial charge < -0.3 is 4.74 Å². The molecule has 18 heavy (non-hydrogen) atoms. The predicted octanol–water partition coefficient (Wildman–Crippen LogP) is 3.90. The van der Waals surface area contributed by atoms with Crippen molar-refractivity contribution >= 4 is 17.7 Å². The van der Waals surface area contributed by atoms with Gasteiger partial charge in [-0.1, -0.05) is 31.5 Å². The van der Waals surface area contributed by atoms with E-state index in [0.717, 1.165) is 0 Å². The highest BCUT2D eigenvalue weighted by molar-refractivity contribution is 8.00. The normalized spacial score (nSPS) is 12.6. The van der Waals surface area contributed by atoms with E-state index in [1.54, 1.807) is 11.8 Å². The lowest BCUT2D eigenvalue weighted by Crippen LogP contribution is -2.24. The average molecular weight is 266 g/mol. The van der Waals surface area contributed by atoms with E-state index in [1.165, 1.54) is 28.7 Å². The lowest BCUT2D eigenvalue weighted by atomic mass is 10.1. The molecule has 0 aromatic heterocycles. The Bertz CT molecular complexity index is 415. The van der Waals surface area contributed by atoms with Crippen molar-refractivity contribution in [2.45, 2.75) is 44.8 Å². The van der Waals surface area contributed by atoms with Crippen LogP contribution in [0.2, 0.25) is 0 Å². The maximum Gasteiger partial charge on any atom is 0.319 e. The summed E-state index contributed by atoms with van der Waals surface area (Å²) in [5, 5.41) is -0.143. The molecule has 0 saturated carbocycles. The highest BCUT2D eigenvalue weighted by Crippen LogP contribution is 2.34. The van der Waals surface area contributed by atoms with Gasteiger partial charge in [-0.05, 0) is 37.8 Å². The molecule has 1 rings (SSSR count). The zero-order valence-corrected chi connectivity index (χ0v) is 12.9. The second-order valence-corrected chi connectivity index (χ2v) is 6.19. The lowest BCUT2D eigenvalue weighted by Gasteiger charge is -2.20. The number of aryl methyl sites for hydroxylation is 3. The number of esters is 1. The maximum absolute atomic E-state index is 11.8. The molecular formula is C15H22O2S. The minimum absolute atomic E-state index is 0.143. The molecule has 2 nitrogen and oxygen atoms in total. The van der Waals surface area contributed by atoms with Gasteiger partial charge in [-0.3, -0.25) is 4.79 Å². The first-order valence-electron chi connectivity index (χ1n) is 6.19. The summed E-state index contributed by atoms with van der Waals surface area (Å²) < 4.78 is 4.89.